The molecule has 1 amide bonds. The molecular formula is C20H23N3O5S. The molecule has 1 aliphatic heterocycles. The molecule has 2 aromatic rings. The summed E-state index contributed by atoms with van der Waals surface area (Å²) in [6.45, 7) is 3.09. The third kappa shape index (κ3) is 4.99. The van der Waals surface area contributed by atoms with Gasteiger partial charge in [-0.05, 0) is 31.0 Å². The Morgan fingerprint density at radius 2 is 1.59 bits per heavy atom. The molecule has 29 heavy (non-hydrogen) atoms. The van der Waals surface area contributed by atoms with Crippen LogP contribution in [0.2, 0.25) is 0 Å². The highest BCUT2D eigenvalue weighted by molar-refractivity contribution is 7.89. The van der Waals surface area contributed by atoms with E-state index in [2.05, 4.69) is 0 Å². The fourth-order valence-corrected chi connectivity index (χ4v) is 4.65. The number of nitrogens with zero attached hydrogens (tertiary/aromatic N) is 3. The molecular weight excluding hydrogens is 394 g/mol. The normalized spacial score (nSPS) is 15.3. The van der Waals surface area contributed by atoms with Crippen molar-refractivity contribution in [3.05, 3.63) is 69.8 Å². The van der Waals surface area contributed by atoms with E-state index >= 15 is 0 Å². The zero-order chi connectivity index (χ0) is 21.0. The second-order valence-electron chi connectivity index (χ2n) is 7.02. The van der Waals surface area contributed by atoms with Crippen LogP contribution >= 0.6 is 0 Å². The van der Waals surface area contributed by atoms with Crippen molar-refractivity contribution in [3.8, 4) is 0 Å². The Balaban J connectivity index is 1.55. The summed E-state index contributed by atoms with van der Waals surface area (Å²) in [6.07, 6.45) is 1.04. The van der Waals surface area contributed by atoms with Crippen LogP contribution in [0.5, 0.6) is 0 Å². The number of hydrogen-bond donors (Lipinski definition) is 0. The highest BCUT2D eigenvalue weighted by Gasteiger charge is 2.30. The maximum absolute atomic E-state index is 12.7. The number of carbonyl (C=O) groups is 1. The molecule has 0 N–H and O–H groups in total. The number of hydrogen-bond acceptors (Lipinski definition) is 5. The van der Waals surface area contributed by atoms with Crippen LogP contribution in [-0.4, -0.2) is 54.6 Å². The Hall–Kier alpha value is -2.78. The molecule has 1 fully saturated rings. The molecule has 1 heterocycles. The van der Waals surface area contributed by atoms with Gasteiger partial charge in [-0.2, -0.15) is 4.31 Å². The van der Waals surface area contributed by atoms with Crippen LogP contribution < -0.4 is 0 Å². The summed E-state index contributed by atoms with van der Waals surface area (Å²) in [5.74, 6) is 0.0120. The second-order valence-corrected chi connectivity index (χ2v) is 8.96. The SMILES string of the molecule is Cc1ccc(CCC(=O)N2CCN(S(=O)(=O)c3ccc([N+](=O)[O-])cc3)CC2)cc1. The van der Waals surface area contributed by atoms with Crippen molar-refractivity contribution in [2.24, 2.45) is 0 Å². The Morgan fingerprint density at radius 1 is 1.00 bits per heavy atom. The number of benzene rings is 2. The summed E-state index contributed by atoms with van der Waals surface area (Å²) in [5.41, 5.74) is 2.11. The first-order valence-corrected chi connectivity index (χ1v) is 10.8. The number of nitro groups is 1. The third-order valence-corrected chi connectivity index (χ3v) is 6.94. The molecule has 0 saturated carbocycles. The van der Waals surface area contributed by atoms with Gasteiger partial charge in [-0.15, -0.1) is 0 Å². The van der Waals surface area contributed by atoms with E-state index in [4.69, 9.17) is 0 Å². The number of aryl methyl sites for hydroxylation is 2. The summed E-state index contributed by atoms with van der Waals surface area (Å²) in [6, 6.07) is 12.9. The van der Waals surface area contributed by atoms with E-state index < -0.39 is 14.9 Å². The van der Waals surface area contributed by atoms with Crippen molar-refractivity contribution >= 4 is 21.6 Å². The van der Waals surface area contributed by atoms with E-state index in [0.717, 1.165) is 5.56 Å². The minimum Gasteiger partial charge on any atom is -0.340 e. The summed E-state index contributed by atoms with van der Waals surface area (Å²) in [5, 5.41) is 10.7. The number of nitro benzene ring substituents is 1. The molecule has 154 valence electrons. The second kappa shape index (κ2) is 8.71. The fraction of sp³-hybridized carbons (Fsp3) is 0.350. The highest BCUT2D eigenvalue weighted by Crippen LogP contribution is 2.21. The Bertz CT molecular complexity index is 980. The number of carbonyl (C=O) groups excluding carboxylic acids is 1. The Labute approximate surface area is 169 Å². The van der Waals surface area contributed by atoms with Crippen LogP contribution in [0, 0.1) is 17.0 Å². The Kier molecular flexibility index (Phi) is 6.29. The molecule has 0 aliphatic carbocycles. The lowest BCUT2D eigenvalue weighted by atomic mass is 10.1. The molecule has 0 bridgehead atoms. The van der Waals surface area contributed by atoms with Gasteiger partial charge in [-0.3, -0.25) is 14.9 Å². The lowest BCUT2D eigenvalue weighted by molar-refractivity contribution is -0.384. The van der Waals surface area contributed by atoms with Crippen LogP contribution in [-0.2, 0) is 21.2 Å². The number of rotatable bonds is 6. The van der Waals surface area contributed by atoms with Crippen LogP contribution in [0.1, 0.15) is 17.5 Å². The number of sulfonamides is 1. The van der Waals surface area contributed by atoms with E-state index in [0.29, 0.717) is 25.9 Å². The van der Waals surface area contributed by atoms with E-state index in [1.54, 1.807) is 4.90 Å². The quantitative estimate of drug-likeness (QED) is 0.531. The average Bonchev–Trinajstić information content (AvgIpc) is 2.73. The molecule has 1 aliphatic rings. The molecule has 1 saturated heterocycles. The molecule has 0 atom stereocenters. The van der Waals surface area contributed by atoms with Crippen molar-refractivity contribution in [1.29, 1.82) is 0 Å². The van der Waals surface area contributed by atoms with Gasteiger partial charge in [0, 0.05) is 44.7 Å². The summed E-state index contributed by atoms with van der Waals surface area (Å²) < 4.78 is 26.8. The topological polar surface area (TPSA) is 101 Å². The average molecular weight is 417 g/mol. The van der Waals surface area contributed by atoms with Crippen LogP contribution in [0.25, 0.3) is 0 Å². The van der Waals surface area contributed by atoms with Gasteiger partial charge >= 0.3 is 0 Å². The smallest absolute Gasteiger partial charge is 0.269 e. The zero-order valence-corrected chi connectivity index (χ0v) is 17.0. The Morgan fingerprint density at radius 3 is 2.14 bits per heavy atom. The number of non-ortho nitro benzene ring substituents is 1. The summed E-state index contributed by atoms with van der Waals surface area (Å²) >= 11 is 0. The number of piperazine rings is 1. The molecule has 3 rings (SSSR count). The molecule has 8 nitrogen and oxygen atoms in total. The van der Waals surface area contributed by atoms with Crippen molar-refractivity contribution < 1.29 is 18.1 Å². The van der Waals surface area contributed by atoms with E-state index in [1.807, 2.05) is 31.2 Å². The van der Waals surface area contributed by atoms with Crippen molar-refractivity contribution in [1.82, 2.24) is 9.21 Å². The van der Waals surface area contributed by atoms with Crippen molar-refractivity contribution in [2.75, 3.05) is 26.2 Å². The predicted octanol–water partition coefficient (Wildman–Crippen LogP) is 2.37. The van der Waals surface area contributed by atoms with Gasteiger partial charge in [-0.1, -0.05) is 29.8 Å². The van der Waals surface area contributed by atoms with Crippen molar-refractivity contribution in [2.45, 2.75) is 24.7 Å². The first-order valence-electron chi connectivity index (χ1n) is 9.35. The summed E-state index contributed by atoms with van der Waals surface area (Å²) in [4.78, 5) is 24.3. The molecule has 9 heteroatoms. The van der Waals surface area contributed by atoms with E-state index in [9.17, 15) is 23.3 Å². The van der Waals surface area contributed by atoms with Crippen LogP contribution in [0.3, 0.4) is 0 Å². The van der Waals surface area contributed by atoms with Gasteiger partial charge in [0.25, 0.3) is 5.69 Å². The van der Waals surface area contributed by atoms with Gasteiger partial charge in [0.1, 0.15) is 0 Å². The van der Waals surface area contributed by atoms with Gasteiger partial charge in [0.15, 0.2) is 0 Å². The zero-order valence-electron chi connectivity index (χ0n) is 16.2. The van der Waals surface area contributed by atoms with E-state index in [-0.39, 0.29) is 29.6 Å². The largest absolute Gasteiger partial charge is 0.340 e. The number of amides is 1. The summed E-state index contributed by atoms with van der Waals surface area (Å²) in [7, 11) is -3.74. The van der Waals surface area contributed by atoms with Gasteiger partial charge in [0.05, 0.1) is 9.82 Å². The molecule has 0 unspecified atom stereocenters. The minimum atomic E-state index is -3.74. The fourth-order valence-electron chi connectivity index (χ4n) is 3.23. The minimum absolute atomic E-state index is 0.0120. The molecule has 0 radical (unpaired) electrons. The third-order valence-electron chi connectivity index (χ3n) is 5.02. The van der Waals surface area contributed by atoms with Crippen LogP contribution in [0.4, 0.5) is 5.69 Å². The lowest BCUT2D eigenvalue weighted by Gasteiger charge is -2.34. The molecule has 2 aromatic carbocycles. The first kappa shape index (κ1) is 20.9. The molecule has 0 aromatic heterocycles. The van der Waals surface area contributed by atoms with Crippen LogP contribution in [0.15, 0.2) is 53.4 Å². The maximum Gasteiger partial charge on any atom is 0.269 e. The standard InChI is InChI=1S/C20H23N3O5S/c1-16-2-4-17(5-3-16)6-11-20(24)21-12-14-22(15-13-21)29(27,28)19-9-7-18(8-10-19)23(25)26/h2-5,7-10H,6,11-15H2,1H3. The first-order chi connectivity index (χ1) is 13.8. The van der Waals surface area contributed by atoms with Gasteiger partial charge in [-0.25, -0.2) is 8.42 Å². The van der Waals surface area contributed by atoms with E-state index in [1.165, 1.54) is 34.1 Å². The highest BCUT2D eigenvalue weighted by atomic mass is 32.2. The monoisotopic (exact) mass is 417 g/mol. The maximum atomic E-state index is 12.7. The van der Waals surface area contributed by atoms with Crippen molar-refractivity contribution in [3.63, 3.8) is 0 Å². The van der Waals surface area contributed by atoms with Gasteiger partial charge < -0.3 is 4.90 Å². The van der Waals surface area contributed by atoms with Gasteiger partial charge in [0.2, 0.25) is 15.9 Å². The predicted molar refractivity (Wildman–Crippen MR) is 108 cm³/mol. The molecule has 0 spiro atoms. The lowest BCUT2D eigenvalue weighted by Crippen LogP contribution is -2.50.